The SMILES string of the molecule is CCOC(=O)C(C)(C(=O)OCC)C(F)(F)C(C)F. The van der Waals surface area contributed by atoms with Crippen molar-refractivity contribution in [2.45, 2.75) is 39.8 Å². The van der Waals surface area contributed by atoms with E-state index in [1.54, 1.807) is 0 Å². The Labute approximate surface area is 103 Å². The van der Waals surface area contributed by atoms with E-state index in [1.807, 2.05) is 0 Å². The van der Waals surface area contributed by atoms with Gasteiger partial charge >= 0.3 is 17.9 Å². The van der Waals surface area contributed by atoms with Crippen LogP contribution in [0.15, 0.2) is 0 Å². The van der Waals surface area contributed by atoms with E-state index in [9.17, 15) is 22.8 Å². The maximum atomic E-state index is 13.8. The highest BCUT2D eigenvalue weighted by molar-refractivity contribution is 6.01. The van der Waals surface area contributed by atoms with Crippen molar-refractivity contribution in [3.63, 3.8) is 0 Å². The Balaban J connectivity index is 5.55. The summed E-state index contributed by atoms with van der Waals surface area (Å²) in [4.78, 5) is 23.1. The fraction of sp³-hybridized carbons (Fsp3) is 0.818. The largest absolute Gasteiger partial charge is 0.465 e. The number of halogens is 3. The molecule has 0 radical (unpaired) electrons. The molecule has 0 saturated heterocycles. The summed E-state index contributed by atoms with van der Waals surface area (Å²) >= 11 is 0. The van der Waals surface area contributed by atoms with Gasteiger partial charge in [-0.2, -0.15) is 0 Å². The first-order valence-corrected chi connectivity index (χ1v) is 5.52. The number of ether oxygens (including phenoxy) is 2. The molecule has 106 valence electrons. The summed E-state index contributed by atoms with van der Waals surface area (Å²) in [5.41, 5.74) is -2.99. The lowest BCUT2D eigenvalue weighted by Crippen LogP contribution is -2.56. The van der Waals surface area contributed by atoms with Crippen molar-refractivity contribution < 1.29 is 32.2 Å². The molecular formula is C11H17F3O4. The molecule has 7 heteroatoms. The van der Waals surface area contributed by atoms with E-state index < -0.39 is 29.4 Å². The highest BCUT2D eigenvalue weighted by Gasteiger charge is 2.66. The van der Waals surface area contributed by atoms with Crippen molar-refractivity contribution in [1.82, 2.24) is 0 Å². The molecule has 0 saturated carbocycles. The summed E-state index contributed by atoms with van der Waals surface area (Å²) in [7, 11) is 0. The smallest absolute Gasteiger partial charge is 0.329 e. The highest BCUT2D eigenvalue weighted by Crippen LogP contribution is 2.42. The Kier molecular flexibility index (Phi) is 5.63. The molecule has 0 aromatic carbocycles. The van der Waals surface area contributed by atoms with Crippen LogP contribution in [0, 0.1) is 5.41 Å². The molecule has 0 aliphatic heterocycles. The molecule has 0 fully saturated rings. The lowest BCUT2D eigenvalue weighted by molar-refractivity contribution is -0.210. The normalized spacial score (nSPS) is 13.9. The summed E-state index contributed by atoms with van der Waals surface area (Å²) in [5, 5.41) is 0. The van der Waals surface area contributed by atoms with Crippen LogP contribution in [0.1, 0.15) is 27.7 Å². The van der Waals surface area contributed by atoms with Crippen molar-refractivity contribution in [3.8, 4) is 0 Å². The maximum Gasteiger partial charge on any atom is 0.329 e. The average Bonchev–Trinajstić information content (AvgIpc) is 2.27. The van der Waals surface area contributed by atoms with Crippen LogP contribution >= 0.6 is 0 Å². The zero-order chi connectivity index (χ0) is 14.6. The Morgan fingerprint density at radius 2 is 1.44 bits per heavy atom. The zero-order valence-corrected chi connectivity index (χ0v) is 10.8. The third-order valence-corrected chi connectivity index (χ3v) is 2.53. The second kappa shape index (κ2) is 6.06. The van der Waals surface area contributed by atoms with Crippen LogP contribution in [0.3, 0.4) is 0 Å². The maximum absolute atomic E-state index is 13.8. The Morgan fingerprint density at radius 3 is 1.67 bits per heavy atom. The molecule has 0 aliphatic rings. The van der Waals surface area contributed by atoms with Crippen molar-refractivity contribution in [2.24, 2.45) is 5.41 Å². The van der Waals surface area contributed by atoms with Gasteiger partial charge in [-0.1, -0.05) is 0 Å². The van der Waals surface area contributed by atoms with Crippen LogP contribution in [-0.2, 0) is 19.1 Å². The molecule has 0 aromatic rings. The molecule has 0 spiro atoms. The van der Waals surface area contributed by atoms with Gasteiger partial charge in [0.1, 0.15) is 0 Å². The second-order valence-electron chi connectivity index (χ2n) is 3.80. The third kappa shape index (κ3) is 2.76. The summed E-state index contributed by atoms with van der Waals surface area (Å²) in [6.45, 7) is 3.56. The summed E-state index contributed by atoms with van der Waals surface area (Å²) in [6, 6.07) is 0. The lowest BCUT2D eigenvalue weighted by Gasteiger charge is -2.33. The number of alkyl halides is 3. The van der Waals surface area contributed by atoms with Crippen molar-refractivity contribution >= 4 is 11.9 Å². The predicted molar refractivity (Wildman–Crippen MR) is 56.9 cm³/mol. The van der Waals surface area contributed by atoms with Gasteiger partial charge in [0.05, 0.1) is 13.2 Å². The lowest BCUT2D eigenvalue weighted by atomic mass is 9.81. The van der Waals surface area contributed by atoms with Gasteiger partial charge in [-0.05, 0) is 27.7 Å². The highest BCUT2D eigenvalue weighted by atomic mass is 19.3. The molecule has 0 N–H and O–H groups in total. The van der Waals surface area contributed by atoms with E-state index in [0.717, 1.165) is 0 Å². The number of carbonyl (C=O) groups is 2. The quantitative estimate of drug-likeness (QED) is 0.548. The molecule has 0 amide bonds. The monoisotopic (exact) mass is 270 g/mol. The van der Waals surface area contributed by atoms with Gasteiger partial charge < -0.3 is 9.47 Å². The second-order valence-corrected chi connectivity index (χ2v) is 3.80. The molecule has 0 heterocycles. The minimum absolute atomic E-state index is 0.204. The van der Waals surface area contributed by atoms with E-state index in [4.69, 9.17) is 0 Å². The van der Waals surface area contributed by atoms with Gasteiger partial charge in [0, 0.05) is 0 Å². The first-order chi connectivity index (χ1) is 8.16. The number of esters is 2. The van der Waals surface area contributed by atoms with Gasteiger partial charge in [0.2, 0.25) is 5.41 Å². The fourth-order valence-electron chi connectivity index (χ4n) is 1.30. The predicted octanol–water partition coefficient (Wildman–Crippen LogP) is 2.11. The number of rotatable bonds is 6. The van der Waals surface area contributed by atoms with Crippen molar-refractivity contribution in [1.29, 1.82) is 0 Å². The zero-order valence-electron chi connectivity index (χ0n) is 10.8. The molecule has 0 bridgehead atoms. The Morgan fingerprint density at radius 1 is 1.11 bits per heavy atom. The molecule has 0 aromatic heterocycles. The molecule has 0 aliphatic carbocycles. The standard InChI is InChI=1S/C11H17F3O4/c1-5-17-8(15)10(4,9(16)18-6-2)11(13,14)7(3)12/h7H,5-6H2,1-4H3. The third-order valence-electron chi connectivity index (χ3n) is 2.53. The van der Waals surface area contributed by atoms with Crippen molar-refractivity contribution in [2.75, 3.05) is 13.2 Å². The van der Waals surface area contributed by atoms with E-state index >= 15 is 0 Å². The van der Waals surface area contributed by atoms with Crippen LogP contribution in [0.4, 0.5) is 13.2 Å². The van der Waals surface area contributed by atoms with Gasteiger partial charge in [0.25, 0.3) is 0 Å². The van der Waals surface area contributed by atoms with Gasteiger partial charge in [-0.15, -0.1) is 0 Å². The fourth-order valence-corrected chi connectivity index (χ4v) is 1.30. The van der Waals surface area contributed by atoms with Crippen LogP contribution < -0.4 is 0 Å². The first kappa shape index (κ1) is 16.7. The van der Waals surface area contributed by atoms with Crippen LogP contribution in [0.25, 0.3) is 0 Å². The van der Waals surface area contributed by atoms with Gasteiger partial charge in [0.15, 0.2) is 6.17 Å². The summed E-state index contributed by atoms with van der Waals surface area (Å²) in [6.07, 6.45) is -2.70. The van der Waals surface area contributed by atoms with E-state index in [1.165, 1.54) is 13.8 Å². The van der Waals surface area contributed by atoms with Crippen LogP contribution in [0.2, 0.25) is 0 Å². The number of hydrogen-bond acceptors (Lipinski definition) is 4. The van der Waals surface area contributed by atoms with Crippen molar-refractivity contribution in [3.05, 3.63) is 0 Å². The molecule has 18 heavy (non-hydrogen) atoms. The Hall–Kier alpha value is -1.27. The molecule has 4 nitrogen and oxygen atoms in total. The van der Waals surface area contributed by atoms with Crippen LogP contribution in [0.5, 0.6) is 0 Å². The molecule has 0 rings (SSSR count). The van der Waals surface area contributed by atoms with Gasteiger partial charge in [-0.25, -0.2) is 13.2 Å². The minimum Gasteiger partial charge on any atom is -0.465 e. The Bertz CT molecular complexity index is 297. The number of carbonyl (C=O) groups excluding carboxylic acids is 2. The summed E-state index contributed by atoms with van der Waals surface area (Å²) in [5.74, 6) is -7.22. The van der Waals surface area contributed by atoms with E-state index in [-0.39, 0.29) is 13.2 Å². The molecular weight excluding hydrogens is 253 g/mol. The topological polar surface area (TPSA) is 52.6 Å². The first-order valence-electron chi connectivity index (χ1n) is 5.52. The van der Waals surface area contributed by atoms with Crippen LogP contribution in [-0.4, -0.2) is 37.2 Å². The summed E-state index contributed by atoms with van der Waals surface area (Å²) < 4.78 is 49.4. The van der Waals surface area contributed by atoms with E-state index in [2.05, 4.69) is 9.47 Å². The van der Waals surface area contributed by atoms with Gasteiger partial charge in [-0.3, -0.25) is 9.59 Å². The minimum atomic E-state index is -4.22. The van der Waals surface area contributed by atoms with E-state index in [0.29, 0.717) is 13.8 Å². The average molecular weight is 270 g/mol. The molecule has 1 atom stereocenters. The molecule has 1 unspecified atom stereocenters. The number of hydrogen-bond donors (Lipinski definition) is 0.